The molecule has 2 fully saturated rings. The number of carbonyl (C=O) groups is 1. The summed E-state index contributed by atoms with van der Waals surface area (Å²) >= 11 is 0. The van der Waals surface area contributed by atoms with E-state index in [0.29, 0.717) is 18.5 Å². The summed E-state index contributed by atoms with van der Waals surface area (Å²) in [5.74, 6) is 0.980. The molecular weight excluding hydrogens is 366 g/mol. The second-order valence-corrected chi connectivity index (χ2v) is 7.52. The van der Waals surface area contributed by atoms with E-state index in [9.17, 15) is 4.79 Å². The van der Waals surface area contributed by atoms with Gasteiger partial charge in [-0.15, -0.1) is 12.4 Å². The number of hydrogen-bond donors (Lipinski definition) is 2. The maximum Gasteiger partial charge on any atom is 0.225 e. The van der Waals surface area contributed by atoms with E-state index in [4.69, 9.17) is 16.2 Å². The Hall–Kier alpha value is -1.44. The second kappa shape index (κ2) is 10.2. The van der Waals surface area contributed by atoms with Gasteiger partial charge in [0.15, 0.2) is 0 Å². The van der Waals surface area contributed by atoms with E-state index in [1.54, 1.807) is 6.20 Å². The smallest absolute Gasteiger partial charge is 0.225 e. The predicted molar refractivity (Wildman–Crippen MR) is 108 cm³/mol. The average Bonchev–Trinajstić information content (AvgIpc) is 2.67. The Morgan fingerprint density at radius 3 is 2.70 bits per heavy atom. The van der Waals surface area contributed by atoms with E-state index in [1.807, 2.05) is 11.0 Å². The summed E-state index contributed by atoms with van der Waals surface area (Å²) in [6.45, 7) is 4.35. The first-order valence-electron chi connectivity index (χ1n) is 9.82. The molecule has 3 atom stereocenters. The highest BCUT2D eigenvalue weighted by molar-refractivity contribution is 5.85. The number of aromatic nitrogens is 2. The van der Waals surface area contributed by atoms with E-state index in [2.05, 4.69) is 16.9 Å². The molecule has 1 saturated heterocycles. The monoisotopic (exact) mass is 397 g/mol. The van der Waals surface area contributed by atoms with Gasteiger partial charge in [-0.1, -0.05) is 6.92 Å². The molecule has 27 heavy (non-hydrogen) atoms. The molecule has 1 aromatic heterocycles. The van der Waals surface area contributed by atoms with Gasteiger partial charge in [-0.05, 0) is 44.6 Å². The summed E-state index contributed by atoms with van der Waals surface area (Å²) in [4.78, 5) is 23.3. The summed E-state index contributed by atoms with van der Waals surface area (Å²) in [5, 5.41) is 0. The number of amides is 1. The van der Waals surface area contributed by atoms with Crippen molar-refractivity contribution in [2.24, 2.45) is 11.7 Å². The summed E-state index contributed by atoms with van der Waals surface area (Å²) in [6.07, 6.45) is 7.02. The van der Waals surface area contributed by atoms with Crippen LogP contribution in [0.2, 0.25) is 0 Å². The molecule has 3 rings (SSSR count). The summed E-state index contributed by atoms with van der Waals surface area (Å²) in [7, 11) is 0. The van der Waals surface area contributed by atoms with Crippen LogP contribution in [0.25, 0.3) is 0 Å². The maximum absolute atomic E-state index is 13.0. The van der Waals surface area contributed by atoms with Crippen LogP contribution in [0.5, 0.6) is 0 Å². The summed E-state index contributed by atoms with van der Waals surface area (Å²) in [6, 6.07) is 1.98. The van der Waals surface area contributed by atoms with Gasteiger partial charge in [-0.25, -0.2) is 9.97 Å². The van der Waals surface area contributed by atoms with Gasteiger partial charge in [0, 0.05) is 49.5 Å². The van der Waals surface area contributed by atoms with Crippen LogP contribution in [0.4, 0.5) is 5.95 Å². The lowest BCUT2D eigenvalue weighted by Gasteiger charge is -2.38. The Morgan fingerprint density at radius 1 is 1.30 bits per heavy atom. The molecule has 152 valence electrons. The van der Waals surface area contributed by atoms with Crippen LogP contribution in [-0.2, 0) is 9.53 Å². The Bertz CT molecular complexity index is 610. The number of carbonyl (C=O) groups excluding carboxylic acids is 1. The van der Waals surface area contributed by atoms with Crippen LogP contribution in [0.3, 0.4) is 0 Å². The van der Waals surface area contributed by atoms with Crippen molar-refractivity contribution in [2.45, 2.75) is 63.5 Å². The SMILES string of the molecule is CCCO[C@@H]1C[C@@H](C(=O)N2CCC(c3ccnc(N)n3)CC2)CC[C@H]1N.Cl. The lowest BCUT2D eigenvalue weighted by Crippen LogP contribution is -2.48. The lowest BCUT2D eigenvalue weighted by atomic mass is 9.82. The van der Waals surface area contributed by atoms with Crippen molar-refractivity contribution in [3.05, 3.63) is 18.0 Å². The van der Waals surface area contributed by atoms with Crippen LogP contribution >= 0.6 is 12.4 Å². The van der Waals surface area contributed by atoms with Gasteiger partial charge in [-0.2, -0.15) is 0 Å². The highest BCUT2D eigenvalue weighted by Gasteiger charge is 2.36. The van der Waals surface area contributed by atoms with E-state index < -0.39 is 0 Å². The molecular formula is C19H32ClN5O2. The highest BCUT2D eigenvalue weighted by atomic mass is 35.5. The molecule has 2 heterocycles. The minimum absolute atomic E-state index is 0. The van der Waals surface area contributed by atoms with Crippen LogP contribution in [0.1, 0.15) is 57.1 Å². The number of nitrogens with zero attached hydrogens (tertiary/aromatic N) is 3. The molecule has 1 aliphatic carbocycles. The minimum atomic E-state index is 0. The number of nitrogens with two attached hydrogens (primary N) is 2. The Labute approximate surface area is 167 Å². The van der Waals surface area contributed by atoms with E-state index in [1.165, 1.54) is 0 Å². The van der Waals surface area contributed by atoms with Crippen molar-refractivity contribution in [1.82, 2.24) is 14.9 Å². The van der Waals surface area contributed by atoms with Gasteiger partial charge >= 0.3 is 0 Å². The molecule has 1 aliphatic heterocycles. The second-order valence-electron chi connectivity index (χ2n) is 7.52. The number of ether oxygens (including phenoxy) is 1. The summed E-state index contributed by atoms with van der Waals surface area (Å²) < 4.78 is 5.88. The molecule has 2 aliphatic rings. The number of rotatable bonds is 5. The molecule has 1 saturated carbocycles. The molecule has 1 amide bonds. The van der Waals surface area contributed by atoms with Crippen molar-refractivity contribution in [2.75, 3.05) is 25.4 Å². The van der Waals surface area contributed by atoms with Crippen LogP contribution in [-0.4, -0.2) is 52.6 Å². The van der Waals surface area contributed by atoms with Crippen molar-refractivity contribution < 1.29 is 9.53 Å². The fourth-order valence-corrected chi connectivity index (χ4v) is 4.11. The van der Waals surface area contributed by atoms with Crippen LogP contribution < -0.4 is 11.5 Å². The predicted octanol–water partition coefficient (Wildman–Crippen LogP) is 2.11. The Kier molecular flexibility index (Phi) is 8.26. The number of piperidine rings is 1. The van der Waals surface area contributed by atoms with Gasteiger partial charge in [0.1, 0.15) is 0 Å². The normalized spacial score (nSPS) is 26.4. The van der Waals surface area contributed by atoms with Crippen LogP contribution in [0, 0.1) is 5.92 Å². The first kappa shape index (κ1) is 21.9. The van der Waals surface area contributed by atoms with Crippen molar-refractivity contribution >= 4 is 24.3 Å². The van der Waals surface area contributed by atoms with Gasteiger partial charge in [-0.3, -0.25) is 4.79 Å². The molecule has 1 aromatic rings. The van der Waals surface area contributed by atoms with Crippen molar-refractivity contribution in [1.29, 1.82) is 0 Å². The van der Waals surface area contributed by atoms with E-state index >= 15 is 0 Å². The third-order valence-electron chi connectivity index (χ3n) is 5.65. The molecule has 0 bridgehead atoms. The number of nitrogen functional groups attached to an aromatic ring is 1. The molecule has 0 spiro atoms. The van der Waals surface area contributed by atoms with Crippen LogP contribution in [0.15, 0.2) is 12.3 Å². The lowest BCUT2D eigenvalue weighted by molar-refractivity contribution is -0.140. The van der Waals surface area contributed by atoms with Gasteiger partial charge < -0.3 is 21.1 Å². The zero-order valence-corrected chi connectivity index (χ0v) is 16.9. The number of anilines is 1. The summed E-state index contributed by atoms with van der Waals surface area (Å²) in [5.41, 5.74) is 12.9. The van der Waals surface area contributed by atoms with Crippen molar-refractivity contribution in [3.63, 3.8) is 0 Å². The fourth-order valence-electron chi connectivity index (χ4n) is 4.11. The molecule has 7 nitrogen and oxygen atoms in total. The fraction of sp³-hybridized carbons (Fsp3) is 0.737. The zero-order chi connectivity index (χ0) is 18.5. The van der Waals surface area contributed by atoms with Gasteiger partial charge in [0.25, 0.3) is 0 Å². The highest BCUT2D eigenvalue weighted by Crippen LogP contribution is 2.31. The maximum atomic E-state index is 13.0. The zero-order valence-electron chi connectivity index (χ0n) is 16.0. The number of likely N-dealkylation sites (tertiary alicyclic amines) is 1. The number of hydrogen-bond acceptors (Lipinski definition) is 6. The quantitative estimate of drug-likeness (QED) is 0.787. The Balaban J connectivity index is 0.00000261. The third-order valence-corrected chi connectivity index (χ3v) is 5.65. The molecule has 0 unspecified atom stereocenters. The molecule has 0 radical (unpaired) electrons. The van der Waals surface area contributed by atoms with E-state index in [0.717, 1.165) is 57.3 Å². The average molecular weight is 398 g/mol. The number of halogens is 1. The molecule has 8 heteroatoms. The van der Waals surface area contributed by atoms with Crippen molar-refractivity contribution in [3.8, 4) is 0 Å². The van der Waals surface area contributed by atoms with Gasteiger partial charge in [0.2, 0.25) is 11.9 Å². The van der Waals surface area contributed by atoms with Gasteiger partial charge in [0.05, 0.1) is 6.10 Å². The first-order valence-corrected chi connectivity index (χ1v) is 9.82. The first-order chi connectivity index (χ1) is 12.6. The standard InChI is InChI=1S/C19H31N5O2.ClH/c1-2-11-26-17-12-14(3-4-15(17)20)18(25)24-9-6-13(7-10-24)16-5-8-22-19(21)23-16;/h5,8,13-15,17H,2-4,6-7,9-12,20H2,1H3,(H2,21,22,23);1H/t14-,15+,17+;/m0./s1. The Morgan fingerprint density at radius 2 is 2.04 bits per heavy atom. The molecule has 4 N–H and O–H groups in total. The van der Waals surface area contributed by atoms with E-state index in [-0.39, 0.29) is 36.4 Å². The molecule has 0 aromatic carbocycles. The third kappa shape index (κ3) is 5.53. The topological polar surface area (TPSA) is 107 Å². The minimum Gasteiger partial charge on any atom is -0.377 e. The largest absolute Gasteiger partial charge is 0.377 e.